The lowest BCUT2D eigenvalue weighted by Crippen LogP contribution is -2.61. The molecule has 5 rings (SSSR count). The lowest BCUT2D eigenvalue weighted by Gasteiger charge is -2.47. The second kappa shape index (κ2) is 7.01. The number of primary sulfonamides is 1. The molecule has 0 saturated heterocycles. The maximum absolute atomic E-state index is 13.3. The van der Waals surface area contributed by atoms with Gasteiger partial charge >= 0.3 is 0 Å². The van der Waals surface area contributed by atoms with E-state index in [4.69, 9.17) is 10.1 Å². The van der Waals surface area contributed by atoms with E-state index in [1.165, 1.54) is 12.1 Å². The fourth-order valence-electron chi connectivity index (χ4n) is 4.95. The van der Waals surface area contributed by atoms with Gasteiger partial charge in [-0.15, -0.1) is 0 Å². The molecule has 2 aromatic heterocycles. The van der Waals surface area contributed by atoms with Crippen LogP contribution in [0.2, 0.25) is 0 Å². The van der Waals surface area contributed by atoms with Crippen molar-refractivity contribution in [1.82, 2.24) is 19.9 Å². The fraction of sp³-hybridized carbons (Fsp3) is 0.409. The van der Waals surface area contributed by atoms with Gasteiger partial charge in [0.25, 0.3) is 0 Å². The summed E-state index contributed by atoms with van der Waals surface area (Å²) in [5.74, 6) is 0.426. The normalized spacial score (nSPS) is 19.5. The first-order valence-corrected chi connectivity index (χ1v) is 12.3. The molecule has 1 saturated carbocycles. The highest BCUT2D eigenvalue weighted by Crippen LogP contribution is 2.44. The summed E-state index contributed by atoms with van der Waals surface area (Å²) in [6, 6.07) is 8.15. The van der Waals surface area contributed by atoms with Crippen molar-refractivity contribution in [2.24, 2.45) is 5.14 Å². The van der Waals surface area contributed by atoms with Gasteiger partial charge in [0.15, 0.2) is 0 Å². The summed E-state index contributed by atoms with van der Waals surface area (Å²) in [7, 11) is -3.76. The van der Waals surface area contributed by atoms with Crippen LogP contribution in [0.15, 0.2) is 41.4 Å². The van der Waals surface area contributed by atoms with Gasteiger partial charge in [-0.25, -0.2) is 18.5 Å². The number of anilines is 2. The molecule has 0 atom stereocenters. The Bertz CT molecular complexity index is 1320. The highest BCUT2D eigenvalue weighted by molar-refractivity contribution is 7.89. The molecule has 4 N–H and O–H groups in total. The molecule has 32 heavy (non-hydrogen) atoms. The summed E-state index contributed by atoms with van der Waals surface area (Å²) in [4.78, 5) is 22.6. The summed E-state index contributed by atoms with van der Waals surface area (Å²) >= 11 is 0. The molecular weight excluding hydrogens is 428 g/mol. The van der Waals surface area contributed by atoms with E-state index in [0.29, 0.717) is 11.6 Å². The van der Waals surface area contributed by atoms with E-state index in [2.05, 4.69) is 26.3 Å². The predicted molar refractivity (Wildman–Crippen MR) is 121 cm³/mol. The number of nitrogens with zero attached hydrogens (tertiary/aromatic N) is 3. The van der Waals surface area contributed by atoms with Crippen LogP contribution in [-0.4, -0.2) is 28.9 Å². The van der Waals surface area contributed by atoms with Gasteiger partial charge in [-0.3, -0.25) is 4.79 Å². The molecule has 1 amide bonds. The average molecular weight is 455 g/mol. The molecular formula is C22H26N6O3S. The van der Waals surface area contributed by atoms with Crippen molar-refractivity contribution in [2.45, 2.75) is 61.9 Å². The maximum atomic E-state index is 13.3. The van der Waals surface area contributed by atoms with Gasteiger partial charge in [-0.05, 0) is 57.0 Å². The second-order valence-corrected chi connectivity index (χ2v) is 10.8. The predicted octanol–water partition coefficient (Wildman–Crippen LogP) is 2.85. The van der Waals surface area contributed by atoms with Crippen LogP contribution in [0.25, 0.3) is 11.0 Å². The Kier molecular flexibility index (Phi) is 4.58. The lowest BCUT2D eigenvalue weighted by atomic mass is 9.77. The number of sulfonamides is 1. The molecule has 1 fully saturated rings. The molecule has 1 aromatic carbocycles. The van der Waals surface area contributed by atoms with E-state index in [0.717, 1.165) is 48.8 Å². The summed E-state index contributed by atoms with van der Waals surface area (Å²) in [6.07, 6.45) is 6.45. The van der Waals surface area contributed by atoms with Crippen LogP contribution in [0.5, 0.6) is 0 Å². The van der Waals surface area contributed by atoms with Crippen LogP contribution in [0.4, 0.5) is 11.6 Å². The largest absolute Gasteiger partial charge is 0.344 e. The van der Waals surface area contributed by atoms with Gasteiger partial charge in [-0.2, -0.15) is 4.98 Å². The third-order valence-corrected chi connectivity index (χ3v) is 7.51. The number of hydrogen-bond donors (Lipinski definition) is 3. The molecule has 9 nitrogen and oxygen atoms in total. The number of nitrogens with one attached hydrogen (secondary N) is 2. The van der Waals surface area contributed by atoms with E-state index in [1.54, 1.807) is 18.3 Å². The number of amides is 1. The third kappa shape index (κ3) is 3.25. The molecule has 2 aliphatic rings. The minimum absolute atomic E-state index is 0.0348. The van der Waals surface area contributed by atoms with Crippen LogP contribution in [-0.2, 0) is 25.9 Å². The minimum Gasteiger partial charge on any atom is -0.344 e. The van der Waals surface area contributed by atoms with Gasteiger partial charge < -0.3 is 15.2 Å². The summed E-state index contributed by atoms with van der Waals surface area (Å²) in [5, 5.41) is 12.4. The number of aromatic nitrogens is 3. The van der Waals surface area contributed by atoms with Crippen molar-refractivity contribution in [3.63, 3.8) is 0 Å². The number of fused-ring (bicyclic) bond motifs is 4. The van der Waals surface area contributed by atoms with Gasteiger partial charge in [-0.1, -0.05) is 19.3 Å². The first-order chi connectivity index (χ1) is 15.1. The number of carbonyl (C=O) groups is 1. The molecule has 1 aliphatic carbocycles. The Hall–Kier alpha value is -2.98. The maximum Gasteiger partial charge on any atom is 0.247 e. The Morgan fingerprint density at radius 3 is 2.47 bits per heavy atom. The molecule has 0 bridgehead atoms. The van der Waals surface area contributed by atoms with Gasteiger partial charge in [0.1, 0.15) is 11.2 Å². The average Bonchev–Trinajstić information content (AvgIpc) is 3.14. The fourth-order valence-corrected chi connectivity index (χ4v) is 5.47. The van der Waals surface area contributed by atoms with Crippen molar-refractivity contribution < 1.29 is 13.2 Å². The zero-order valence-electron chi connectivity index (χ0n) is 18.1. The van der Waals surface area contributed by atoms with E-state index >= 15 is 0 Å². The monoisotopic (exact) mass is 454 g/mol. The van der Waals surface area contributed by atoms with Gasteiger partial charge in [0, 0.05) is 23.0 Å². The van der Waals surface area contributed by atoms with Crippen LogP contribution in [0.1, 0.15) is 51.6 Å². The summed E-state index contributed by atoms with van der Waals surface area (Å²) in [6.45, 7) is 4.01. The number of benzene rings is 1. The van der Waals surface area contributed by atoms with Crippen molar-refractivity contribution in [2.75, 3.05) is 5.32 Å². The van der Waals surface area contributed by atoms with Crippen molar-refractivity contribution >= 4 is 38.6 Å². The van der Waals surface area contributed by atoms with Gasteiger partial charge in [0.2, 0.25) is 21.9 Å². The van der Waals surface area contributed by atoms with Gasteiger partial charge in [0.05, 0.1) is 10.4 Å². The Morgan fingerprint density at radius 2 is 1.81 bits per heavy atom. The minimum atomic E-state index is -3.76. The first-order valence-electron chi connectivity index (χ1n) is 10.7. The van der Waals surface area contributed by atoms with E-state index in [9.17, 15) is 13.2 Å². The Balaban J connectivity index is 1.60. The molecule has 3 heterocycles. The molecule has 1 aliphatic heterocycles. The number of carbonyl (C=O) groups excluding carboxylic acids is 1. The lowest BCUT2D eigenvalue weighted by molar-refractivity contribution is -0.135. The second-order valence-electron chi connectivity index (χ2n) is 9.20. The Labute approximate surface area is 186 Å². The third-order valence-electron chi connectivity index (χ3n) is 6.58. The molecule has 3 aromatic rings. The van der Waals surface area contributed by atoms with Crippen LogP contribution in [0, 0.1) is 0 Å². The van der Waals surface area contributed by atoms with Crippen LogP contribution >= 0.6 is 0 Å². The molecule has 0 unspecified atom stereocenters. The summed E-state index contributed by atoms with van der Waals surface area (Å²) < 4.78 is 25.1. The molecule has 1 spiro atoms. The number of hydrogen-bond acceptors (Lipinski definition) is 6. The van der Waals surface area contributed by atoms with Crippen molar-refractivity contribution in [3.05, 3.63) is 42.2 Å². The van der Waals surface area contributed by atoms with Crippen LogP contribution in [0.3, 0.4) is 0 Å². The Morgan fingerprint density at radius 1 is 1.12 bits per heavy atom. The first kappa shape index (κ1) is 20.9. The number of rotatable bonds is 3. The smallest absolute Gasteiger partial charge is 0.247 e. The van der Waals surface area contributed by atoms with E-state index in [-0.39, 0.29) is 10.8 Å². The quantitative estimate of drug-likeness (QED) is 0.557. The van der Waals surface area contributed by atoms with Crippen molar-refractivity contribution in [1.29, 1.82) is 0 Å². The van der Waals surface area contributed by atoms with E-state index in [1.807, 2.05) is 13.8 Å². The highest BCUT2D eigenvalue weighted by atomic mass is 32.2. The van der Waals surface area contributed by atoms with E-state index < -0.39 is 21.1 Å². The highest BCUT2D eigenvalue weighted by Gasteiger charge is 2.50. The standard InChI is InChI=1S/C22H26N6O3S/c1-21(2)17-12-14-13-24-20(25-15-6-8-16(9-7-15)32(23,30)31)26-18(14)28(17)22(19(29)27-21)10-4-3-5-11-22/h6-9,12-13H,3-5,10-11H2,1-2H3,(H,27,29)(H2,23,30,31)(H,24,25,26). The topological polar surface area (TPSA) is 132 Å². The van der Waals surface area contributed by atoms with Crippen LogP contribution < -0.4 is 15.8 Å². The van der Waals surface area contributed by atoms with Crippen molar-refractivity contribution in [3.8, 4) is 0 Å². The zero-order chi connectivity index (χ0) is 22.7. The summed E-state index contributed by atoms with van der Waals surface area (Å²) in [5.41, 5.74) is 1.24. The molecule has 0 radical (unpaired) electrons. The zero-order valence-corrected chi connectivity index (χ0v) is 18.9. The molecule has 10 heteroatoms. The number of nitrogens with two attached hydrogens (primary N) is 1. The molecule has 168 valence electrons. The SMILES string of the molecule is CC1(C)NC(=O)C2(CCCCC2)n2c1cc1cnc(Nc3ccc(S(N)(=O)=O)cc3)nc12.